The molecule has 0 saturated carbocycles. The van der Waals surface area contributed by atoms with Gasteiger partial charge in [0.15, 0.2) is 6.61 Å². The number of aryl methyl sites for hydroxylation is 1. The predicted molar refractivity (Wildman–Crippen MR) is 116 cm³/mol. The van der Waals surface area contributed by atoms with Gasteiger partial charge in [-0.15, -0.1) is 0 Å². The van der Waals surface area contributed by atoms with Crippen LogP contribution in [0.4, 0.5) is 0 Å². The van der Waals surface area contributed by atoms with E-state index in [-0.39, 0.29) is 18.4 Å². The summed E-state index contributed by atoms with van der Waals surface area (Å²) in [5, 5.41) is 0. The molecule has 6 nitrogen and oxygen atoms in total. The summed E-state index contributed by atoms with van der Waals surface area (Å²) in [6.07, 6.45) is 0. The Balaban J connectivity index is 1.54. The molecule has 0 aliphatic carbocycles. The van der Waals surface area contributed by atoms with Gasteiger partial charge in [0.2, 0.25) is 0 Å². The van der Waals surface area contributed by atoms with Gasteiger partial charge in [0, 0.05) is 31.7 Å². The van der Waals surface area contributed by atoms with Gasteiger partial charge in [0.25, 0.3) is 11.8 Å². The molecule has 0 spiro atoms. The Hall–Kier alpha value is -3.02. The van der Waals surface area contributed by atoms with E-state index in [1.807, 2.05) is 19.1 Å². The number of piperazine rings is 1. The molecule has 160 valence electrons. The fourth-order valence-corrected chi connectivity index (χ4v) is 3.57. The molecular weight excluding hydrogens is 380 g/mol. The largest absolute Gasteiger partial charge is 0.497 e. The van der Waals surface area contributed by atoms with E-state index in [0.29, 0.717) is 43.4 Å². The van der Waals surface area contributed by atoms with Crippen LogP contribution in [0.1, 0.15) is 41.3 Å². The molecule has 6 heteroatoms. The molecule has 0 N–H and O–H groups in total. The van der Waals surface area contributed by atoms with E-state index < -0.39 is 0 Å². The van der Waals surface area contributed by atoms with Crippen molar-refractivity contribution in [3.63, 3.8) is 0 Å². The molecule has 1 fully saturated rings. The third-order valence-corrected chi connectivity index (χ3v) is 5.38. The molecule has 2 aromatic rings. The van der Waals surface area contributed by atoms with E-state index >= 15 is 0 Å². The Kier molecular flexibility index (Phi) is 6.98. The summed E-state index contributed by atoms with van der Waals surface area (Å²) in [5.41, 5.74) is 2.80. The second kappa shape index (κ2) is 9.65. The van der Waals surface area contributed by atoms with Gasteiger partial charge in [-0.2, -0.15) is 0 Å². The smallest absolute Gasteiger partial charge is 0.260 e. The van der Waals surface area contributed by atoms with Gasteiger partial charge in [-0.3, -0.25) is 9.59 Å². The van der Waals surface area contributed by atoms with Gasteiger partial charge < -0.3 is 19.3 Å². The number of methoxy groups -OCH3 is 1. The Labute approximate surface area is 178 Å². The molecule has 0 unspecified atom stereocenters. The molecule has 0 aromatic heterocycles. The number of ether oxygens (including phenoxy) is 2. The van der Waals surface area contributed by atoms with Crippen LogP contribution in [0.3, 0.4) is 0 Å². The number of nitrogens with zero attached hydrogens (tertiary/aromatic N) is 2. The van der Waals surface area contributed by atoms with E-state index in [2.05, 4.69) is 26.0 Å². The Morgan fingerprint density at radius 1 is 1.00 bits per heavy atom. The summed E-state index contributed by atoms with van der Waals surface area (Å²) in [7, 11) is 1.58. The molecule has 1 heterocycles. The standard InChI is InChI=1S/C24H30N2O4/c1-17(2)21-9-8-18(3)14-22(21)30-16-23(27)25-10-12-26(13-11-25)24(28)19-6-5-7-20(15-19)29-4/h5-9,14-15,17H,10-13,16H2,1-4H3. The number of hydrogen-bond donors (Lipinski definition) is 0. The number of amides is 2. The number of carbonyl (C=O) groups excluding carboxylic acids is 2. The summed E-state index contributed by atoms with van der Waals surface area (Å²) in [6, 6.07) is 13.2. The summed E-state index contributed by atoms with van der Waals surface area (Å²) in [5.74, 6) is 1.65. The fourth-order valence-electron chi connectivity index (χ4n) is 3.57. The maximum atomic E-state index is 12.7. The predicted octanol–water partition coefficient (Wildman–Crippen LogP) is 3.49. The highest BCUT2D eigenvalue weighted by Gasteiger charge is 2.25. The first-order valence-corrected chi connectivity index (χ1v) is 10.3. The molecule has 0 atom stereocenters. The van der Waals surface area contributed by atoms with Crippen LogP contribution < -0.4 is 9.47 Å². The maximum absolute atomic E-state index is 12.7. The first kappa shape index (κ1) is 21.7. The van der Waals surface area contributed by atoms with Crippen LogP contribution in [0.15, 0.2) is 42.5 Å². The van der Waals surface area contributed by atoms with Crippen molar-refractivity contribution in [2.24, 2.45) is 0 Å². The van der Waals surface area contributed by atoms with Crippen LogP contribution in [0, 0.1) is 6.92 Å². The molecule has 0 bridgehead atoms. The minimum Gasteiger partial charge on any atom is -0.497 e. The average molecular weight is 411 g/mol. The monoisotopic (exact) mass is 410 g/mol. The lowest BCUT2D eigenvalue weighted by Crippen LogP contribution is -2.51. The summed E-state index contributed by atoms with van der Waals surface area (Å²) in [6.45, 7) is 8.25. The SMILES string of the molecule is COc1cccc(C(=O)N2CCN(C(=O)COc3cc(C)ccc3C(C)C)CC2)c1. The number of rotatable bonds is 6. The Bertz CT molecular complexity index is 902. The van der Waals surface area contributed by atoms with Gasteiger partial charge in [-0.25, -0.2) is 0 Å². The number of benzene rings is 2. The highest BCUT2D eigenvalue weighted by Crippen LogP contribution is 2.27. The maximum Gasteiger partial charge on any atom is 0.260 e. The van der Waals surface area contributed by atoms with Crippen LogP contribution in [-0.4, -0.2) is 61.5 Å². The lowest BCUT2D eigenvalue weighted by molar-refractivity contribution is -0.134. The minimum absolute atomic E-state index is 0.00695. The van der Waals surface area contributed by atoms with Crippen molar-refractivity contribution >= 4 is 11.8 Å². The molecule has 1 aliphatic rings. The zero-order valence-electron chi connectivity index (χ0n) is 18.2. The van der Waals surface area contributed by atoms with E-state index in [4.69, 9.17) is 9.47 Å². The molecule has 2 amide bonds. The lowest BCUT2D eigenvalue weighted by Gasteiger charge is -2.34. The van der Waals surface area contributed by atoms with Gasteiger partial charge in [0.1, 0.15) is 11.5 Å². The van der Waals surface area contributed by atoms with Crippen LogP contribution >= 0.6 is 0 Å². The van der Waals surface area contributed by atoms with Crippen molar-refractivity contribution < 1.29 is 19.1 Å². The number of hydrogen-bond acceptors (Lipinski definition) is 4. The molecule has 30 heavy (non-hydrogen) atoms. The van der Waals surface area contributed by atoms with E-state index in [9.17, 15) is 9.59 Å². The van der Waals surface area contributed by atoms with Gasteiger partial charge in [0.05, 0.1) is 7.11 Å². The lowest BCUT2D eigenvalue weighted by atomic mass is 10.0. The van der Waals surface area contributed by atoms with Crippen molar-refractivity contribution in [1.82, 2.24) is 9.80 Å². The summed E-state index contributed by atoms with van der Waals surface area (Å²) < 4.78 is 11.1. The van der Waals surface area contributed by atoms with Gasteiger partial charge in [-0.1, -0.05) is 32.0 Å². The quantitative estimate of drug-likeness (QED) is 0.732. The fraction of sp³-hybridized carbons (Fsp3) is 0.417. The van der Waals surface area contributed by atoms with Crippen LogP contribution in [0.5, 0.6) is 11.5 Å². The summed E-state index contributed by atoms with van der Waals surface area (Å²) in [4.78, 5) is 28.9. The van der Waals surface area contributed by atoms with Crippen LogP contribution in [0.2, 0.25) is 0 Å². The first-order valence-electron chi connectivity index (χ1n) is 10.3. The highest BCUT2D eigenvalue weighted by molar-refractivity contribution is 5.94. The molecular formula is C24H30N2O4. The second-order valence-electron chi connectivity index (χ2n) is 7.89. The molecule has 0 radical (unpaired) electrons. The van der Waals surface area contributed by atoms with Crippen LogP contribution in [-0.2, 0) is 4.79 Å². The molecule has 1 saturated heterocycles. The van der Waals surface area contributed by atoms with Crippen molar-refractivity contribution in [2.45, 2.75) is 26.7 Å². The van der Waals surface area contributed by atoms with Crippen LogP contribution in [0.25, 0.3) is 0 Å². The average Bonchev–Trinajstić information content (AvgIpc) is 2.77. The van der Waals surface area contributed by atoms with Gasteiger partial charge in [-0.05, 0) is 48.2 Å². The van der Waals surface area contributed by atoms with Crippen molar-refractivity contribution in [1.29, 1.82) is 0 Å². The minimum atomic E-state index is -0.0558. The second-order valence-corrected chi connectivity index (χ2v) is 7.89. The third-order valence-electron chi connectivity index (χ3n) is 5.38. The topological polar surface area (TPSA) is 59.1 Å². The van der Waals surface area contributed by atoms with Crippen molar-refractivity contribution in [3.05, 3.63) is 59.2 Å². The molecule has 3 rings (SSSR count). The summed E-state index contributed by atoms with van der Waals surface area (Å²) >= 11 is 0. The Morgan fingerprint density at radius 3 is 2.37 bits per heavy atom. The molecule has 1 aliphatic heterocycles. The third kappa shape index (κ3) is 5.12. The van der Waals surface area contributed by atoms with E-state index in [1.165, 1.54) is 0 Å². The zero-order chi connectivity index (χ0) is 21.7. The van der Waals surface area contributed by atoms with Crippen molar-refractivity contribution in [3.8, 4) is 11.5 Å². The highest BCUT2D eigenvalue weighted by atomic mass is 16.5. The normalized spacial score (nSPS) is 14.0. The van der Waals surface area contributed by atoms with E-state index in [1.54, 1.807) is 35.1 Å². The zero-order valence-corrected chi connectivity index (χ0v) is 18.2. The molecule has 2 aromatic carbocycles. The van der Waals surface area contributed by atoms with E-state index in [0.717, 1.165) is 16.9 Å². The number of carbonyl (C=O) groups is 2. The van der Waals surface area contributed by atoms with Gasteiger partial charge >= 0.3 is 0 Å². The first-order chi connectivity index (χ1) is 14.4. The van der Waals surface area contributed by atoms with Crippen molar-refractivity contribution in [2.75, 3.05) is 39.9 Å². The Morgan fingerprint density at radius 2 is 1.70 bits per heavy atom.